The Labute approximate surface area is 318 Å². The Kier molecular flexibility index (Phi) is 10.4. The van der Waals surface area contributed by atoms with E-state index in [1.165, 1.54) is 0 Å². The molecule has 0 aromatic carbocycles. The molecular formula is C42H72N2O6Si2. The SMILES string of the molecule is CC(C)(C)C(=O)O[C@H]1C[C@H](O[Si](C)(C)C(C)(C)C)[C@@]2(C)Cc3nc4c(nc3CC12)C[C@@]1(C)C(C4)[C@@H](OC(=O)C(C)(C)C)C[C@@H]1O[Si](C)(C)C(C)(C)C. The van der Waals surface area contributed by atoms with Crippen LogP contribution in [0.4, 0.5) is 0 Å². The van der Waals surface area contributed by atoms with Gasteiger partial charge in [0.1, 0.15) is 12.2 Å². The van der Waals surface area contributed by atoms with E-state index >= 15 is 0 Å². The van der Waals surface area contributed by atoms with Crippen LogP contribution in [0.5, 0.6) is 0 Å². The Morgan fingerprint density at radius 3 is 1.15 bits per heavy atom. The highest BCUT2D eigenvalue weighted by Gasteiger charge is 2.61. The smallest absolute Gasteiger partial charge is 0.311 e. The highest BCUT2D eigenvalue weighted by molar-refractivity contribution is 6.74. The fraction of sp³-hybridized carbons (Fsp3) is 0.857. The van der Waals surface area contributed by atoms with Gasteiger partial charge < -0.3 is 18.3 Å². The summed E-state index contributed by atoms with van der Waals surface area (Å²) in [6, 6.07) is 0. The second-order valence-electron chi connectivity index (χ2n) is 22.6. The third-order valence-corrected chi connectivity index (χ3v) is 23.3. The summed E-state index contributed by atoms with van der Waals surface area (Å²) < 4.78 is 27.2. The summed E-state index contributed by atoms with van der Waals surface area (Å²) in [7, 11) is -4.27. The van der Waals surface area contributed by atoms with Gasteiger partial charge in [0.25, 0.3) is 0 Å². The molecule has 10 heteroatoms. The van der Waals surface area contributed by atoms with Gasteiger partial charge in [0.15, 0.2) is 16.6 Å². The minimum Gasteiger partial charge on any atom is -0.462 e. The van der Waals surface area contributed by atoms with Gasteiger partial charge in [-0.15, -0.1) is 0 Å². The van der Waals surface area contributed by atoms with E-state index in [0.29, 0.717) is 25.7 Å². The maximum Gasteiger partial charge on any atom is 0.311 e. The zero-order chi connectivity index (χ0) is 39.4. The summed E-state index contributed by atoms with van der Waals surface area (Å²) in [5.74, 6) is -0.153. The zero-order valence-corrected chi connectivity index (χ0v) is 38.1. The van der Waals surface area contributed by atoms with Gasteiger partial charge in [0.05, 0.1) is 45.8 Å². The molecule has 0 bridgehead atoms. The number of fused-ring (bicyclic) bond motifs is 4. The summed E-state index contributed by atoms with van der Waals surface area (Å²) in [6.07, 6.45) is 3.69. The molecule has 2 unspecified atom stereocenters. The molecule has 0 aliphatic heterocycles. The topological polar surface area (TPSA) is 96.8 Å². The first-order valence-corrected chi connectivity index (χ1v) is 25.8. The molecule has 1 aromatic rings. The van der Waals surface area contributed by atoms with Crippen LogP contribution >= 0.6 is 0 Å². The second kappa shape index (κ2) is 13.0. The molecule has 8 nitrogen and oxygen atoms in total. The molecule has 52 heavy (non-hydrogen) atoms. The van der Waals surface area contributed by atoms with Gasteiger partial charge in [0, 0.05) is 35.5 Å². The Morgan fingerprint density at radius 1 is 0.577 bits per heavy atom. The number of ether oxygens (including phenoxy) is 2. The van der Waals surface area contributed by atoms with E-state index in [0.717, 1.165) is 35.6 Å². The third kappa shape index (κ3) is 7.49. The van der Waals surface area contributed by atoms with E-state index in [2.05, 4.69) is 81.6 Å². The van der Waals surface area contributed by atoms with Crippen LogP contribution in [-0.4, -0.2) is 63.0 Å². The van der Waals surface area contributed by atoms with Crippen LogP contribution in [0.2, 0.25) is 36.3 Å². The van der Waals surface area contributed by atoms with Crippen LogP contribution in [0.15, 0.2) is 0 Å². The number of hydrogen-bond acceptors (Lipinski definition) is 8. The van der Waals surface area contributed by atoms with Crippen LogP contribution in [0, 0.1) is 33.5 Å². The van der Waals surface area contributed by atoms with Crippen molar-refractivity contribution >= 4 is 28.6 Å². The van der Waals surface area contributed by atoms with Crippen LogP contribution in [0.25, 0.3) is 0 Å². The fourth-order valence-corrected chi connectivity index (χ4v) is 11.3. The van der Waals surface area contributed by atoms with Gasteiger partial charge in [-0.2, -0.15) is 0 Å². The third-order valence-electron chi connectivity index (χ3n) is 14.3. The molecule has 4 aliphatic rings. The first kappa shape index (κ1) is 41.5. The Bertz CT molecular complexity index is 1450. The Balaban J connectivity index is 1.53. The lowest BCUT2D eigenvalue weighted by atomic mass is 9.66. The molecule has 1 aromatic heterocycles. The molecule has 0 radical (unpaired) electrons. The lowest BCUT2D eigenvalue weighted by molar-refractivity contribution is -0.162. The van der Waals surface area contributed by atoms with Crippen molar-refractivity contribution in [1.29, 1.82) is 0 Å². The first-order chi connectivity index (χ1) is 23.3. The van der Waals surface area contributed by atoms with Gasteiger partial charge in [-0.1, -0.05) is 55.4 Å². The van der Waals surface area contributed by atoms with E-state index in [1.807, 2.05) is 41.5 Å². The van der Waals surface area contributed by atoms with Crippen LogP contribution in [0.3, 0.4) is 0 Å². The molecular weight excluding hydrogens is 685 g/mol. The van der Waals surface area contributed by atoms with Crippen molar-refractivity contribution in [3.8, 4) is 0 Å². The molecule has 5 rings (SSSR count). The van der Waals surface area contributed by atoms with Crippen LogP contribution in [0.1, 0.15) is 133 Å². The maximum atomic E-state index is 13.3. The minimum atomic E-state index is -2.14. The standard InChI is InChI=1S/C42H72N2O6Si2/c1-37(2,3)35(45)47-31-21-33(49-51(15,16)39(7,8)9)41(13)23-29-27(19-25(31)41)43-30-24-42(14)26(20-28(30)44-29)32(48-36(46)38(4,5)6)22-34(42)50-52(17,18)40(10,11)12/h25-26,31-34H,19-24H2,1-18H3/t25?,26?,31-,32-,33-,34-,41-,42-/m0/s1. The van der Waals surface area contributed by atoms with Crippen molar-refractivity contribution in [1.82, 2.24) is 9.97 Å². The van der Waals surface area contributed by atoms with Gasteiger partial charge in [-0.3, -0.25) is 19.6 Å². The summed E-state index contributed by atoms with van der Waals surface area (Å²) in [5.41, 5.74) is 2.47. The lowest BCUT2D eigenvalue weighted by Gasteiger charge is -2.47. The van der Waals surface area contributed by atoms with E-state index < -0.39 is 27.5 Å². The number of esters is 2. The number of aromatic nitrogens is 2. The zero-order valence-electron chi connectivity index (χ0n) is 36.1. The van der Waals surface area contributed by atoms with Crippen LogP contribution < -0.4 is 0 Å². The number of carbonyl (C=O) groups is 2. The average Bonchev–Trinajstić information content (AvgIpc) is 3.35. The lowest BCUT2D eigenvalue weighted by Crippen LogP contribution is -2.51. The van der Waals surface area contributed by atoms with Gasteiger partial charge >= 0.3 is 11.9 Å². The molecule has 0 N–H and O–H groups in total. The highest BCUT2D eigenvalue weighted by Crippen LogP contribution is 2.57. The Morgan fingerprint density at radius 2 is 0.885 bits per heavy atom. The van der Waals surface area contributed by atoms with Gasteiger partial charge in [-0.05, 0) is 103 Å². The minimum absolute atomic E-state index is 0.0466. The summed E-state index contributed by atoms with van der Waals surface area (Å²) >= 11 is 0. The fourth-order valence-electron chi connectivity index (χ4n) is 8.49. The number of rotatable bonds is 6. The predicted molar refractivity (Wildman–Crippen MR) is 212 cm³/mol. The molecule has 0 amide bonds. The van der Waals surface area contributed by atoms with Crippen molar-refractivity contribution in [3.05, 3.63) is 22.8 Å². The van der Waals surface area contributed by atoms with E-state index in [1.54, 1.807) is 0 Å². The van der Waals surface area contributed by atoms with E-state index in [9.17, 15) is 9.59 Å². The van der Waals surface area contributed by atoms with Gasteiger partial charge in [-0.25, -0.2) is 0 Å². The van der Waals surface area contributed by atoms with Gasteiger partial charge in [0.2, 0.25) is 0 Å². The first-order valence-electron chi connectivity index (χ1n) is 20.0. The summed E-state index contributed by atoms with van der Waals surface area (Å²) in [5, 5.41) is 0.106. The van der Waals surface area contributed by atoms with Crippen molar-refractivity contribution in [2.75, 3.05) is 0 Å². The monoisotopic (exact) mass is 756 g/mol. The predicted octanol–water partition coefficient (Wildman–Crippen LogP) is 9.42. The second-order valence-corrected chi connectivity index (χ2v) is 32.1. The Hall–Kier alpha value is -1.63. The molecule has 0 saturated heterocycles. The number of hydrogen-bond donors (Lipinski definition) is 0. The molecule has 8 atom stereocenters. The van der Waals surface area contributed by atoms with Crippen molar-refractivity contribution in [3.63, 3.8) is 0 Å². The van der Waals surface area contributed by atoms with E-state index in [-0.39, 0.29) is 69.1 Å². The highest BCUT2D eigenvalue weighted by atomic mass is 28.4. The van der Waals surface area contributed by atoms with E-state index in [4.69, 9.17) is 28.3 Å². The summed E-state index contributed by atoms with van der Waals surface area (Å²) in [6.45, 7) is 39.2. The number of carbonyl (C=O) groups excluding carboxylic acids is 2. The average molecular weight is 757 g/mol. The molecule has 294 valence electrons. The molecule has 4 aliphatic carbocycles. The molecule has 0 spiro atoms. The molecule has 2 saturated carbocycles. The maximum absolute atomic E-state index is 13.3. The van der Waals surface area contributed by atoms with Crippen molar-refractivity contribution < 1.29 is 27.9 Å². The van der Waals surface area contributed by atoms with Crippen molar-refractivity contribution in [2.45, 2.75) is 196 Å². The summed E-state index contributed by atoms with van der Waals surface area (Å²) in [4.78, 5) is 37.6. The number of nitrogens with zero attached hydrogens (tertiary/aromatic N) is 2. The quantitative estimate of drug-likeness (QED) is 0.209. The van der Waals surface area contributed by atoms with Crippen LogP contribution in [-0.2, 0) is 53.6 Å². The molecule has 2 fully saturated rings. The molecule has 1 heterocycles. The largest absolute Gasteiger partial charge is 0.462 e. The normalized spacial score (nSPS) is 32.4. The van der Waals surface area contributed by atoms with Crippen molar-refractivity contribution in [2.24, 2.45) is 33.5 Å².